The van der Waals surface area contributed by atoms with Crippen LogP contribution in [0.25, 0.3) is 10.9 Å². The molecule has 3 nitrogen and oxygen atoms in total. The van der Waals surface area contributed by atoms with Gasteiger partial charge in [-0.25, -0.2) is 0 Å². The molecule has 17 heavy (non-hydrogen) atoms. The van der Waals surface area contributed by atoms with Crippen molar-refractivity contribution >= 4 is 10.9 Å². The Morgan fingerprint density at radius 2 is 2.12 bits per heavy atom. The smallest absolute Gasteiger partial charge is 0.0526 e. The second kappa shape index (κ2) is 5.34. The fraction of sp³-hybridized carbons (Fsp3) is 0.429. The molecular weight excluding hydrogens is 212 g/mol. The van der Waals surface area contributed by atoms with Gasteiger partial charge in [0.2, 0.25) is 0 Å². The zero-order valence-electron chi connectivity index (χ0n) is 10.4. The Labute approximate surface area is 102 Å². The standard InChI is InChI=1S/C14H20N2O/c1-10(7-11(2)17)16-9-12-3-4-13-5-6-15-14(13)8-12/h3-6,8,10-11,15-17H,7,9H2,1-2H3. The molecule has 0 radical (unpaired) electrons. The number of rotatable bonds is 5. The van der Waals surface area contributed by atoms with Gasteiger partial charge in [-0.2, -0.15) is 0 Å². The first-order valence-electron chi connectivity index (χ1n) is 6.12. The Morgan fingerprint density at radius 1 is 1.29 bits per heavy atom. The molecular formula is C14H20N2O. The maximum absolute atomic E-state index is 9.29. The molecule has 0 saturated carbocycles. The minimum absolute atomic E-state index is 0.247. The van der Waals surface area contributed by atoms with Gasteiger partial charge in [-0.3, -0.25) is 0 Å². The van der Waals surface area contributed by atoms with Gasteiger partial charge in [0.25, 0.3) is 0 Å². The molecule has 2 atom stereocenters. The molecule has 92 valence electrons. The van der Waals surface area contributed by atoms with E-state index in [0.29, 0.717) is 6.04 Å². The van der Waals surface area contributed by atoms with E-state index in [-0.39, 0.29) is 6.10 Å². The van der Waals surface area contributed by atoms with Crippen molar-refractivity contribution in [3.05, 3.63) is 36.0 Å². The summed E-state index contributed by atoms with van der Waals surface area (Å²) in [5, 5.41) is 13.9. The van der Waals surface area contributed by atoms with Crippen LogP contribution in [0.3, 0.4) is 0 Å². The Kier molecular flexibility index (Phi) is 3.82. The number of aromatic nitrogens is 1. The summed E-state index contributed by atoms with van der Waals surface area (Å²) >= 11 is 0. The van der Waals surface area contributed by atoms with E-state index >= 15 is 0 Å². The number of hydrogen-bond donors (Lipinski definition) is 3. The third-order valence-electron chi connectivity index (χ3n) is 2.97. The zero-order chi connectivity index (χ0) is 12.3. The van der Waals surface area contributed by atoms with Gasteiger partial charge in [-0.15, -0.1) is 0 Å². The molecule has 0 bridgehead atoms. The molecule has 1 aromatic heterocycles. The van der Waals surface area contributed by atoms with Crippen LogP contribution in [0.15, 0.2) is 30.5 Å². The van der Waals surface area contributed by atoms with E-state index in [1.807, 2.05) is 13.1 Å². The molecule has 0 amide bonds. The molecule has 0 aliphatic rings. The van der Waals surface area contributed by atoms with Crippen molar-refractivity contribution in [3.63, 3.8) is 0 Å². The van der Waals surface area contributed by atoms with Crippen molar-refractivity contribution in [1.29, 1.82) is 0 Å². The molecule has 1 heterocycles. The molecule has 0 fully saturated rings. The summed E-state index contributed by atoms with van der Waals surface area (Å²) in [4.78, 5) is 3.21. The van der Waals surface area contributed by atoms with Crippen LogP contribution >= 0.6 is 0 Å². The molecule has 3 heteroatoms. The fourth-order valence-electron chi connectivity index (χ4n) is 2.09. The molecule has 2 aromatic rings. The van der Waals surface area contributed by atoms with Crippen LogP contribution in [0, 0.1) is 0 Å². The first-order valence-corrected chi connectivity index (χ1v) is 6.12. The van der Waals surface area contributed by atoms with Crippen molar-refractivity contribution in [2.45, 2.75) is 39.0 Å². The van der Waals surface area contributed by atoms with Gasteiger partial charge >= 0.3 is 0 Å². The van der Waals surface area contributed by atoms with Crippen LogP contribution in [0.2, 0.25) is 0 Å². The number of nitrogens with one attached hydrogen (secondary N) is 2. The summed E-state index contributed by atoms with van der Waals surface area (Å²) in [6.45, 7) is 4.76. The number of fused-ring (bicyclic) bond motifs is 1. The first-order chi connectivity index (χ1) is 8.15. The van der Waals surface area contributed by atoms with Crippen LogP contribution in [-0.4, -0.2) is 22.2 Å². The third kappa shape index (κ3) is 3.32. The van der Waals surface area contributed by atoms with E-state index in [0.717, 1.165) is 13.0 Å². The summed E-state index contributed by atoms with van der Waals surface area (Å²) in [7, 11) is 0. The predicted octanol–water partition coefficient (Wildman–Crippen LogP) is 2.42. The van der Waals surface area contributed by atoms with E-state index in [1.54, 1.807) is 0 Å². The van der Waals surface area contributed by atoms with Crippen LogP contribution in [-0.2, 0) is 6.54 Å². The van der Waals surface area contributed by atoms with Gasteiger partial charge in [0.1, 0.15) is 0 Å². The number of aliphatic hydroxyl groups is 1. The van der Waals surface area contributed by atoms with Gasteiger partial charge < -0.3 is 15.4 Å². The Morgan fingerprint density at radius 3 is 2.88 bits per heavy atom. The molecule has 3 N–H and O–H groups in total. The quantitative estimate of drug-likeness (QED) is 0.741. The van der Waals surface area contributed by atoms with E-state index < -0.39 is 0 Å². The lowest BCUT2D eigenvalue weighted by Crippen LogP contribution is -2.28. The second-order valence-electron chi connectivity index (χ2n) is 4.77. The third-order valence-corrected chi connectivity index (χ3v) is 2.97. The van der Waals surface area contributed by atoms with Crippen LogP contribution in [0.4, 0.5) is 0 Å². The largest absolute Gasteiger partial charge is 0.393 e. The van der Waals surface area contributed by atoms with Crippen molar-refractivity contribution < 1.29 is 5.11 Å². The average Bonchev–Trinajstić information content (AvgIpc) is 2.72. The van der Waals surface area contributed by atoms with Crippen LogP contribution < -0.4 is 5.32 Å². The maximum Gasteiger partial charge on any atom is 0.0526 e. The lowest BCUT2D eigenvalue weighted by Gasteiger charge is -2.15. The van der Waals surface area contributed by atoms with Gasteiger partial charge in [-0.05, 0) is 43.4 Å². The Hall–Kier alpha value is -1.32. The summed E-state index contributed by atoms with van der Waals surface area (Å²) in [6.07, 6.45) is 2.49. The Balaban J connectivity index is 1.94. The van der Waals surface area contributed by atoms with Gasteiger partial charge in [0.05, 0.1) is 6.10 Å². The van der Waals surface area contributed by atoms with Crippen molar-refractivity contribution in [3.8, 4) is 0 Å². The molecule has 2 unspecified atom stereocenters. The highest BCUT2D eigenvalue weighted by Crippen LogP contribution is 2.14. The topological polar surface area (TPSA) is 48.0 Å². The lowest BCUT2D eigenvalue weighted by molar-refractivity contribution is 0.170. The van der Waals surface area contributed by atoms with Crippen LogP contribution in [0.1, 0.15) is 25.8 Å². The fourth-order valence-corrected chi connectivity index (χ4v) is 2.09. The summed E-state index contributed by atoms with van der Waals surface area (Å²) in [6, 6.07) is 8.83. The van der Waals surface area contributed by atoms with Gasteiger partial charge in [0.15, 0.2) is 0 Å². The number of H-pyrrole nitrogens is 1. The monoisotopic (exact) mass is 232 g/mol. The van der Waals surface area contributed by atoms with Gasteiger partial charge in [-0.1, -0.05) is 12.1 Å². The summed E-state index contributed by atoms with van der Waals surface area (Å²) in [5.74, 6) is 0. The highest BCUT2D eigenvalue weighted by molar-refractivity contribution is 5.79. The summed E-state index contributed by atoms with van der Waals surface area (Å²) in [5.41, 5.74) is 2.44. The molecule has 0 spiro atoms. The molecule has 1 aromatic carbocycles. The van der Waals surface area contributed by atoms with E-state index in [2.05, 4.69) is 41.5 Å². The number of hydrogen-bond acceptors (Lipinski definition) is 2. The minimum Gasteiger partial charge on any atom is -0.393 e. The highest BCUT2D eigenvalue weighted by atomic mass is 16.3. The SMILES string of the molecule is CC(O)CC(C)NCc1ccc2cc[nH]c2c1. The van der Waals surface area contributed by atoms with Crippen molar-refractivity contribution in [2.24, 2.45) is 0 Å². The van der Waals surface area contributed by atoms with E-state index in [4.69, 9.17) is 0 Å². The number of benzene rings is 1. The zero-order valence-corrected chi connectivity index (χ0v) is 10.4. The second-order valence-corrected chi connectivity index (χ2v) is 4.77. The molecule has 0 aliphatic carbocycles. The highest BCUT2D eigenvalue weighted by Gasteiger charge is 2.05. The van der Waals surface area contributed by atoms with Crippen molar-refractivity contribution in [1.82, 2.24) is 10.3 Å². The molecule has 0 saturated heterocycles. The maximum atomic E-state index is 9.29. The minimum atomic E-state index is -0.247. The van der Waals surface area contributed by atoms with Crippen molar-refractivity contribution in [2.75, 3.05) is 0 Å². The van der Waals surface area contributed by atoms with E-state index in [9.17, 15) is 5.11 Å². The summed E-state index contributed by atoms with van der Waals surface area (Å²) < 4.78 is 0. The first kappa shape index (κ1) is 12.1. The average molecular weight is 232 g/mol. The number of aromatic amines is 1. The molecule has 0 aliphatic heterocycles. The lowest BCUT2D eigenvalue weighted by atomic mass is 10.1. The number of aliphatic hydroxyl groups excluding tert-OH is 1. The van der Waals surface area contributed by atoms with Gasteiger partial charge in [0, 0.05) is 24.3 Å². The molecule has 2 rings (SSSR count). The normalized spacial score (nSPS) is 15.0. The predicted molar refractivity (Wildman–Crippen MR) is 70.9 cm³/mol. The van der Waals surface area contributed by atoms with E-state index in [1.165, 1.54) is 16.5 Å². The Bertz CT molecular complexity index is 476. The van der Waals surface area contributed by atoms with Crippen LogP contribution in [0.5, 0.6) is 0 Å².